The van der Waals surface area contributed by atoms with Crippen molar-refractivity contribution in [3.63, 3.8) is 0 Å². The van der Waals surface area contributed by atoms with Crippen molar-refractivity contribution in [1.82, 2.24) is 0 Å². The normalized spacial score (nSPS) is 12.9. The highest BCUT2D eigenvalue weighted by molar-refractivity contribution is 5.79. The van der Waals surface area contributed by atoms with Gasteiger partial charge >= 0.3 is 0 Å². The van der Waals surface area contributed by atoms with E-state index < -0.39 is 0 Å². The third-order valence-corrected chi connectivity index (χ3v) is 7.78. The number of aryl methyl sites for hydroxylation is 3. The Labute approximate surface area is 344 Å². The lowest BCUT2D eigenvalue weighted by Crippen LogP contribution is -2.17. The van der Waals surface area contributed by atoms with E-state index in [0.717, 1.165) is 18.8 Å². The maximum Gasteiger partial charge on any atom is 0.122 e. The minimum atomic E-state index is 0.267. The standard InChI is InChI=1S/C17H18.C10H12.C9H10O.2C5H12.4C2H6/c1-17(2,3)16-14-10-6-4-8-12(14)13-9-5-7-11-15(13)16;1-2-6-10-8-4-3-7-9(10)5-1;1-2-6-9-8(4-1)5-3-7-10-9;2*1-5(2,3)4;4*1-2/h4-11,16H,1-3H3;1-2,5-6H,3-4,7-8H2;1-2,4,6H,3,5,7H2;2*1-4H3;4*1-2H3. The molecular weight excluding hydrogens is 665 g/mol. The van der Waals surface area contributed by atoms with Gasteiger partial charge in [0.15, 0.2) is 0 Å². The van der Waals surface area contributed by atoms with Crippen molar-refractivity contribution in [2.45, 2.75) is 176 Å². The van der Waals surface area contributed by atoms with Crippen LogP contribution in [0.4, 0.5) is 0 Å². The highest BCUT2D eigenvalue weighted by Crippen LogP contribution is 2.52. The minimum absolute atomic E-state index is 0.267. The lowest BCUT2D eigenvalue weighted by atomic mass is 9.75. The smallest absolute Gasteiger partial charge is 0.122 e. The monoisotopic (exact) mass is 753 g/mol. The summed E-state index contributed by atoms with van der Waals surface area (Å²) in [5.74, 6) is 1.60. The Morgan fingerprint density at radius 2 is 0.709 bits per heavy atom. The van der Waals surface area contributed by atoms with Crippen LogP contribution < -0.4 is 4.74 Å². The predicted octanol–water partition coefficient (Wildman–Crippen LogP) is 17.6. The Kier molecular flexibility index (Phi) is 28.4. The van der Waals surface area contributed by atoms with Crippen LogP contribution in [-0.4, -0.2) is 6.61 Å². The average Bonchev–Trinajstić information content (AvgIpc) is 3.53. The van der Waals surface area contributed by atoms with Gasteiger partial charge < -0.3 is 4.74 Å². The number of hydrogen-bond donors (Lipinski definition) is 0. The fourth-order valence-electron chi connectivity index (χ4n) is 6.06. The minimum Gasteiger partial charge on any atom is -0.493 e. The Bertz CT molecular complexity index is 1330. The van der Waals surface area contributed by atoms with E-state index in [0.29, 0.717) is 16.7 Å². The van der Waals surface area contributed by atoms with Gasteiger partial charge in [-0.2, -0.15) is 0 Å². The molecule has 2 aliphatic carbocycles. The first-order chi connectivity index (χ1) is 26.0. The summed E-state index contributed by atoms with van der Waals surface area (Å²) >= 11 is 0. The summed E-state index contributed by atoms with van der Waals surface area (Å²) in [5.41, 5.74) is 11.6. The van der Waals surface area contributed by atoms with E-state index in [9.17, 15) is 0 Å². The van der Waals surface area contributed by atoms with E-state index in [1.54, 1.807) is 11.1 Å². The third-order valence-electron chi connectivity index (χ3n) is 7.78. The largest absolute Gasteiger partial charge is 0.493 e. The first-order valence-electron chi connectivity index (χ1n) is 22.0. The van der Waals surface area contributed by atoms with E-state index in [2.05, 4.69) is 161 Å². The van der Waals surface area contributed by atoms with Gasteiger partial charge in [-0.3, -0.25) is 0 Å². The summed E-state index contributed by atoms with van der Waals surface area (Å²) in [6.07, 6.45) is 7.72. The van der Waals surface area contributed by atoms with Gasteiger partial charge in [-0.15, -0.1) is 0 Å². The first-order valence-corrected chi connectivity index (χ1v) is 22.0. The summed E-state index contributed by atoms with van der Waals surface area (Å²) in [6.45, 7) is 41.4. The summed E-state index contributed by atoms with van der Waals surface area (Å²) < 4.78 is 5.42. The van der Waals surface area contributed by atoms with Gasteiger partial charge in [0.05, 0.1) is 6.61 Å². The molecule has 0 bridgehead atoms. The van der Waals surface area contributed by atoms with Crippen LogP contribution in [0.5, 0.6) is 5.75 Å². The van der Waals surface area contributed by atoms with Crippen LogP contribution in [0.15, 0.2) is 97.1 Å². The molecule has 1 heterocycles. The average molecular weight is 753 g/mol. The quantitative estimate of drug-likeness (QED) is 0.174. The SMILES string of the molecule is CC.CC.CC.CC.CC(C)(C)C.CC(C)(C)C.CC(C)(C)C1c2ccccc2-c2ccccc21.c1ccc2c(c1)CCCC2.c1ccc2c(c1)CCCO2. The fourth-order valence-corrected chi connectivity index (χ4v) is 6.06. The molecule has 0 radical (unpaired) electrons. The number of para-hydroxylation sites is 1. The Morgan fingerprint density at radius 1 is 0.400 bits per heavy atom. The van der Waals surface area contributed by atoms with Gasteiger partial charge in [-0.1, -0.05) is 223 Å². The number of rotatable bonds is 0. The summed E-state index contributed by atoms with van der Waals surface area (Å²) in [6, 6.07) is 34.7. The molecule has 0 saturated heterocycles. The van der Waals surface area contributed by atoms with Gasteiger partial charge in [0.25, 0.3) is 0 Å². The van der Waals surface area contributed by atoms with E-state index in [4.69, 9.17) is 4.74 Å². The molecule has 0 N–H and O–H groups in total. The van der Waals surface area contributed by atoms with Crippen LogP contribution in [0.2, 0.25) is 0 Å². The zero-order valence-electron chi connectivity index (χ0n) is 39.7. The maximum atomic E-state index is 5.42. The van der Waals surface area contributed by atoms with Crippen molar-refractivity contribution in [1.29, 1.82) is 0 Å². The van der Waals surface area contributed by atoms with Crippen LogP contribution in [0.25, 0.3) is 11.1 Å². The molecule has 4 aromatic rings. The highest BCUT2D eigenvalue weighted by atomic mass is 16.5. The van der Waals surface area contributed by atoms with E-state index >= 15 is 0 Å². The summed E-state index contributed by atoms with van der Waals surface area (Å²) in [7, 11) is 0. The molecule has 0 saturated carbocycles. The van der Waals surface area contributed by atoms with Gasteiger partial charge in [-0.25, -0.2) is 0 Å². The first kappa shape index (κ1) is 53.8. The molecule has 310 valence electrons. The number of ether oxygens (including phenoxy) is 1. The van der Waals surface area contributed by atoms with E-state index in [1.807, 2.05) is 67.5 Å². The molecule has 0 aromatic heterocycles. The van der Waals surface area contributed by atoms with Gasteiger partial charge in [0.1, 0.15) is 5.75 Å². The molecule has 7 rings (SSSR count). The predicted molar refractivity (Wildman–Crippen MR) is 252 cm³/mol. The Hall–Kier alpha value is -3.32. The molecule has 0 unspecified atom stereocenters. The van der Waals surface area contributed by atoms with Gasteiger partial charge in [0.2, 0.25) is 0 Å². The Balaban J connectivity index is 0. The molecule has 1 heteroatoms. The third kappa shape index (κ3) is 22.7. The van der Waals surface area contributed by atoms with Crippen LogP contribution in [0.3, 0.4) is 0 Å². The van der Waals surface area contributed by atoms with E-state index in [-0.39, 0.29) is 5.41 Å². The molecule has 0 amide bonds. The van der Waals surface area contributed by atoms with Crippen LogP contribution in [-0.2, 0) is 19.3 Å². The Morgan fingerprint density at radius 3 is 1.07 bits per heavy atom. The van der Waals surface area contributed by atoms with E-state index in [1.165, 1.54) is 59.9 Å². The maximum absolute atomic E-state index is 5.42. The molecule has 0 atom stereocenters. The zero-order valence-corrected chi connectivity index (χ0v) is 39.7. The fraction of sp³-hybridized carbons (Fsp3) is 0.556. The topological polar surface area (TPSA) is 9.23 Å². The second-order valence-electron chi connectivity index (χ2n) is 17.5. The lowest BCUT2D eigenvalue weighted by molar-refractivity contribution is 0.288. The van der Waals surface area contributed by atoms with Crippen LogP contribution >= 0.6 is 0 Å². The van der Waals surface area contributed by atoms with Crippen molar-refractivity contribution >= 4 is 0 Å². The van der Waals surface area contributed by atoms with Crippen LogP contribution in [0.1, 0.15) is 185 Å². The molecule has 1 aliphatic heterocycles. The van der Waals surface area contributed by atoms with Gasteiger partial charge in [0, 0.05) is 5.92 Å². The molecule has 0 spiro atoms. The molecule has 1 nitrogen and oxygen atoms in total. The van der Waals surface area contributed by atoms with Gasteiger partial charge in [-0.05, 0) is 99.8 Å². The summed E-state index contributed by atoms with van der Waals surface area (Å²) in [4.78, 5) is 0. The summed E-state index contributed by atoms with van der Waals surface area (Å²) in [5, 5.41) is 0. The second-order valence-corrected chi connectivity index (χ2v) is 17.5. The molecule has 55 heavy (non-hydrogen) atoms. The van der Waals surface area contributed by atoms with Crippen LogP contribution in [0, 0.1) is 16.2 Å². The molecule has 3 aliphatic rings. The second kappa shape index (κ2) is 29.0. The molecule has 0 fully saturated rings. The molecular formula is C54H88O. The van der Waals surface area contributed by atoms with Crippen molar-refractivity contribution < 1.29 is 4.74 Å². The molecule has 4 aromatic carbocycles. The van der Waals surface area contributed by atoms with Crippen molar-refractivity contribution in [2.75, 3.05) is 6.61 Å². The zero-order chi connectivity index (χ0) is 42.7. The highest BCUT2D eigenvalue weighted by Gasteiger charge is 2.35. The van der Waals surface area contributed by atoms with Crippen molar-refractivity contribution in [3.8, 4) is 16.9 Å². The van der Waals surface area contributed by atoms with Crippen molar-refractivity contribution in [2.24, 2.45) is 16.2 Å². The number of hydrogen-bond acceptors (Lipinski definition) is 1. The number of fused-ring (bicyclic) bond motifs is 5. The van der Waals surface area contributed by atoms with Crippen molar-refractivity contribution in [3.05, 3.63) is 125 Å². The lowest BCUT2D eigenvalue weighted by Gasteiger charge is -2.29. The number of benzene rings is 4.